The van der Waals surface area contributed by atoms with E-state index in [-0.39, 0.29) is 0 Å². The van der Waals surface area contributed by atoms with Gasteiger partial charge in [-0.05, 0) is 54.4 Å². The fourth-order valence-electron chi connectivity index (χ4n) is 4.71. The van der Waals surface area contributed by atoms with E-state index in [1.807, 2.05) is 24.3 Å². The van der Waals surface area contributed by atoms with Crippen LogP contribution < -0.4 is 0 Å². The molecule has 0 bridgehead atoms. The van der Waals surface area contributed by atoms with E-state index in [2.05, 4.69) is 16.2 Å². The highest BCUT2D eigenvalue weighted by molar-refractivity contribution is 6.30. The van der Waals surface area contributed by atoms with Crippen molar-refractivity contribution in [2.75, 3.05) is 0 Å². The number of benzene rings is 1. The third kappa shape index (κ3) is 3.38. The van der Waals surface area contributed by atoms with E-state index >= 15 is 0 Å². The van der Waals surface area contributed by atoms with Crippen molar-refractivity contribution in [2.45, 2.75) is 50.7 Å². The van der Waals surface area contributed by atoms with Gasteiger partial charge in [0, 0.05) is 5.02 Å². The molecule has 0 amide bonds. The lowest BCUT2D eigenvalue weighted by atomic mass is 9.61. The fourth-order valence-corrected chi connectivity index (χ4v) is 4.84. The summed E-state index contributed by atoms with van der Waals surface area (Å²) in [5.41, 5.74) is 1.36. The lowest BCUT2D eigenvalue weighted by Crippen LogP contribution is -2.51. The Morgan fingerprint density at radius 2 is 2.00 bits per heavy atom. The molecule has 1 aromatic heterocycles. The van der Waals surface area contributed by atoms with E-state index in [1.165, 1.54) is 32.0 Å². The molecule has 0 radical (unpaired) electrons. The number of hydrogen-bond acceptors (Lipinski definition) is 3. The summed E-state index contributed by atoms with van der Waals surface area (Å²) in [5.74, 6) is 0.919. The Morgan fingerprint density at radius 1 is 1.20 bits per heavy atom. The van der Waals surface area contributed by atoms with Crippen LogP contribution in [0.3, 0.4) is 0 Å². The molecule has 1 N–H and O–H groups in total. The number of aliphatic hydroxyl groups is 1. The summed E-state index contributed by atoms with van der Waals surface area (Å²) in [5, 5.41) is 16.8. The molecule has 1 heterocycles. The quantitative estimate of drug-likeness (QED) is 0.888. The van der Waals surface area contributed by atoms with Gasteiger partial charge in [0.15, 0.2) is 0 Å². The zero-order chi connectivity index (χ0) is 17.3. The molecule has 0 saturated heterocycles. The second-order valence-electron chi connectivity index (χ2n) is 7.43. The second kappa shape index (κ2) is 6.93. The maximum Gasteiger partial charge on any atom is 0.137 e. The molecule has 25 heavy (non-hydrogen) atoms. The number of rotatable bonds is 3. The third-order valence-corrected chi connectivity index (χ3v) is 6.20. The molecule has 0 aliphatic heterocycles. The van der Waals surface area contributed by atoms with E-state index < -0.39 is 5.60 Å². The predicted octanol–water partition coefficient (Wildman–Crippen LogP) is 4.35. The van der Waals surface area contributed by atoms with Crippen LogP contribution in [0.5, 0.6) is 0 Å². The Kier molecular flexibility index (Phi) is 4.65. The average molecular weight is 358 g/mol. The van der Waals surface area contributed by atoms with Crippen molar-refractivity contribution in [1.82, 2.24) is 14.8 Å². The van der Waals surface area contributed by atoms with Crippen LogP contribution >= 0.6 is 11.6 Å². The van der Waals surface area contributed by atoms with Gasteiger partial charge in [0.2, 0.25) is 0 Å². The van der Waals surface area contributed by atoms with Crippen LogP contribution in [0.15, 0.2) is 42.5 Å². The summed E-state index contributed by atoms with van der Waals surface area (Å²) in [6, 6.07) is 7.82. The average Bonchev–Trinajstić information content (AvgIpc) is 3.12. The van der Waals surface area contributed by atoms with Gasteiger partial charge >= 0.3 is 0 Å². The molecule has 2 aliphatic carbocycles. The van der Waals surface area contributed by atoms with E-state index in [0.29, 0.717) is 18.4 Å². The molecule has 4 rings (SSSR count). The normalized spacial score (nSPS) is 31.0. The van der Waals surface area contributed by atoms with Crippen LogP contribution in [0, 0.1) is 11.8 Å². The Balaban J connectivity index is 1.71. The van der Waals surface area contributed by atoms with Gasteiger partial charge in [0.1, 0.15) is 18.3 Å². The van der Waals surface area contributed by atoms with Gasteiger partial charge in [-0.25, -0.2) is 9.67 Å². The molecule has 3 atom stereocenters. The second-order valence-corrected chi connectivity index (χ2v) is 7.86. The summed E-state index contributed by atoms with van der Waals surface area (Å²) >= 11 is 6.01. The topological polar surface area (TPSA) is 50.9 Å². The van der Waals surface area contributed by atoms with Crippen LogP contribution in [0.4, 0.5) is 0 Å². The van der Waals surface area contributed by atoms with Gasteiger partial charge in [-0.1, -0.05) is 49.1 Å². The molecule has 2 fully saturated rings. The number of nitrogens with zero attached hydrogens (tertiary/aromatic N) is 3. The summed E-state index contributed by atoms with van der Waals surface area (Å²) < 4.78 is 1.77. The minimum absolute atomic E-state index is 0.303. The highest BCUT2D eigenvalue weighted by Gasteiger charge is 2.48. The molecule has 0 spiro atoms. The number of halogens is 1. The molecule has 3 unspecified atom stereocenters. The Hall–Kier alpha value is -1.65. The first kappa shape index (κ1) is 16.8. The van der Waals surface area contributed by atoms with E-state index in [0.717, 1.165) is 29.0 Å². The lowest BCUT2D eigenvalue weighted by molar-refractivity contribution is -0.0609. The fraction of sp³-hybridized carbons (Fsp3) is 0.500. The van der Waals surface area contributed by atoms with Crippen molar-refractivity contribution >= 4 is 17.7 Å². The Morgan fingerprint density at radius 3 is 2.76 bits per heavy atom. The monoisotopic (exact) mass is 357 g/mol. The van der Waals surface area contributed by atoms with Crippen molar-refractivity contribution in [2.24, 2.45) is 11.8 Å². The van der Waals surface area contributed by atoms with Gasteiger partial charge in [-0.15, -0.1) is 0 Å². The molecule has 132 valence electrons. The van der Waals surface area contributed by atoms with Gasteiger partial charge in [-0.2, -0.15) is 5.10 Å². The summed E-state index contributed by atoms with van der Waals surface area (Å²) in [4.78, 5) is 4.05. The molecule has 4 nitrogen and oxygen atoms in total. The smallest absolute Gasteiger partial charge is 0.137 e. The zero-order valence-corrected chi connectivity index (χ0v) is 15.1. The first-order valence-corrected chi connectivity index (χ1v) is 9.54. The first-order valence-electron chi connectivity index (χ1n) is 9.16. The first-order chi connectivity index (χ1) is 12.1. The molecular weight excluding hydrogens is 334 g/mol. The number of hydrogen-bond donors (Lipinski definition) is 1. The maximum absolute atomic E-state index is 11.8. The van der Waals surface area contributed by atoms with Crippen LogP contribution in [0.1, 0.15) is 44.1 Å². The van der Waals surface area contributed by atoms with Gasteiger partial charge in [-0.3, -0.25) is 0 Å². The van der Waals surface area contributed by atoms with E-state index in [9.17, 15) is 5.11 Å². The highest BCUT2D eigenvalue weighted by atomic mass is 35.5. The van der Waals surface area contributed by atoms with Crippen molar-refractivity contribution in [1.29, 1.82) is 0 Å². The van der Waals surface area contributed by atoms with Crippen molar-refractivity contribution in [3.05, 3.63) is 53.1 Å². The van der Waals surface area contributed by atoms with Crippen LogP contribution in [-0.4, -0.2) is 25.5 Å². The third-order valence-electron chi connectivity index (χ3n) is 5.94. The standard InChI is InChI=1S/C20H24ClN3O/c21-18-9-5-15(6-10-18)11-17-8-7-16-3-1-2-4-19(16)20(17,25)12-24-14-22-13-23-24/h5-6,9-11,13-14,16,19,25H,1-4,7-8,12H2. The SMILES string of the molecule is OC1(Cn2cncn2)C(=Cc2ccc(Cl)cc2)CCC2CCCCC21. The van der Waals surface area contributed by atoms with Gasteiger partial charge < -0.3 is 5.11 Å². The lowest BCUT2D eigenvalue weighted by Gasteiger charge is -2.48. The minimum Gasteiger partial charge on any atom is -0.383 e. The molecule has 5 heteroatoms. The van der Waals surface area contributed by atoms with E-state index in [4.69, 9.17) is 11.6 Å². The molecule has 2 saturated carbocycles. The predicted molar refractivity (Wildman–Crippen MR) is 99.1 cm³/mol. The summed E-state index contributed by atoms with van der Waals surface area (Å²) in [6.45, 7) is 0.480. The minimum atomic E-state index is -0.851. The van der Waals surface area contributed by atoms with Crippen LogP contribution in [0.25, 0.3) is 6.08 Å². The molecule has 2 aromatic rings. The molecule has 2 aliphatic rings. The molecular formula is C20H24ClN3O. The Labute approximate surface area is 153 Å². The molecule has 1 aromatic carbocycles. The van der Waals surface area contributed by atoms with Crippen LogP contribution in [-0.2, 0) is 6.54 Å². The van der Waals surface area contributed by atoms with Crippen molar-refractivity contribution < 1.29 is 5.11 Å². The largest absolute Gasteiger partial charge is 0.383 e. The van der Waals surface area contributed by atoms with Crippen LogP contribution in [0.2, 0.25) is 5.02 Å². The van der Waals surface area contributed by atoms with E-state index in [1.54, 1.807) is 11.0 Å². The maximum atomic E-state index is 11.8. The number of aromatic nitrogens is 3. The highest BCUT2D eigenvalue weighted by Crippen LogP contribution is 2.49. The summed E-state index contributed by atoms with van der Waals surface area (Å²) in [6.07, 6.45) is 12.3. The van der Waals surface area contributed by atoms with Crippen molar-refractivity contribution in [3.8, 4) is 0 Å². The Bertz CT molecular complexity index is 741. The number of fused-ring (bicyclic) bond motifs is 1. The van der Waals surface area contributed by atoms with Crippen molar-refractivity contribution in [3.63, 3.8) is 0 Å². The zero-order valence-electron chi connectivity index (χ0n) is 14.3. The summed E-state index contributed by atoms with van der Waals surface area (Å²) in [7, 11) is 0. The van der Waals surface area contributed by atoms with Gasteiger partial charge in [0.25, 0.3) is 0 Å². The van der Waals surface area contributed by atoms with Gasteiger partial charge in [0.05, 0.1) is 6.54 Å².